The van der Waals surface area contributed by atoms with E-state index in [2.05, 4.69) is 4.90 Å². The number of hydrogen-bond donors (Lipinski definition) is 1. The summed E-state index contributed by atoms with van der Waals surface area (Å²) >= 11 is 5.99. The fourth-order valence-corrected chi connectivity index (χ4v) is 4.73. The summed E-state index contributed by atoms with van der Waals surface area (Å²) < 4.78 is 23.4. The Bertz CT molecular complexity index is 632. The van der Waals surface area contributed by atoms with Gasteiger partial charge in [-0.15, -0.1) is 0 Å². The fourth-order valence-electron chi connectivity index (χ4n) is 2.76. The Morgan fingerprint density at radius 3 is 2.77 bits per heavy atom. The van der Waals surface area contributed by atoms with Gasteiger partial charge in [-0.1, -0.05) is 23.7 Å². The van der Waals surface area contributed by atoms with Crippen molar-refractivity contribution in [2.75, 3.05) is 18.1 Å². The first-order valence-electron chi connectivity index (χ1n) is 7.26. The Labute approximate surface area is 135 Å². The molecule has 1 atom stereocenters. The van der Waals surface area contributed by atoms with Crippen molar-refractivity contribution in [3.05, 3.63) is 34.9 Å². The van der Waals surface area contributed by atoms with Gasteiger partial charge in [0.1, 0.15) is 0 Å². The van der Waals surface area contributed by atoms with Crippen molar-refractivity contribution >= 4 is 27.4 Å². The van der Waals surface area contributed by atoms with E-state index in [0.717, 1.165) is 5.56 Å². The van der Waals surface area contributed by atoms with Crippen molar-refractivity contribution in [1.82, 2.24) is 4.90 Å². The topological polar surface area (TPSA) is 74.7 Å². The Kier molecular flexibility index (Phi) is 5.83. The zero-order valence-electron chi connectivity index (χ0n) is 12.2. The van der Waals surface area contributed by atoms with Gasteiger partial charge in [-0.05, 0) is 37.1 Å². The van der Waals surface area contributed by atoms with E-state index >= 15 is 0 Å². The minimum absolute atomic E-state index is 0.0437. The third-order valence-electron chi connectivity index (χ3n) is 3.84. The molecule has 1 aromatic rings. The number of carboxylic acid groups (broad SMARTS) is 1. The highest BCUT2D eigenvalue weighted by Gasteiger charge is 2.32. The van der Waals surface area contributed by atoms with Crippen molar-refractivity contribution in [2.24, 2.45) is 0 Å². The van der Waals surface area contributed by atoms with Gasteiger partial charge >= 0.3 is 5.97 Å². The first-order valence-corrected chi connectivity index (χ1v) is 9.46. The lowest BCUT2D eigenvalue weighted by atomic mass is 10.1. The molecule has 0 bridgehead atoms. The van der Waals surface area contributed by atoms with Crippen LogP contribution < -0.4 is 0 Å². The van der Waals surface area contributed by atoms with E-state index in [1.807, 2.05) is 18.2 Å². The Balaban J connectivity index is 2.05. The maximum absolute atomic E-state index is 11.7. The quantitative estimate of drug-likeness (QED) is 0.820. The molecule has 5 nitrogen and oxygen atoms in total. The van der Waals surface area contributed by atoms with Crippen molar-refractivity contribution < 1.29 is 18.3 Å². The van der Waals surface area contributed by atoms with Gasteiger partial charge in [0.2, 0.25) is 0 Å². The lowest BCUT2D eigenvalue weighted by molar-refractivity contribution is -0.137. The van der Waals surface area contributed by atoms with Crippen LogP contribution in [-0.4, -0.2) is 48.5 Å². The summed E-state index contributed by atoms with van der Waals surface area (Å²) in [7, 11) is -2.97. The number of halogens is 1. The van der Waals surface area contributed by atoms with E-state index in [4.69, 9.17) is 16.7 Å². The molecule has 0 amide bonds. The molecule has 22 heavy (non-hydrogen) atoms. The molecular formula is C15H20ClNO4S. The van der Waals surface area contributed by atoms with Gasteiger partial charge in [0.25, 0.3) is 0 Å². The molecule has 0 aromatic heterocycles. The maximum atomic E-state index is 11.7. The van der Waals surface area contributed by atoms with Crippen LogP contribution in [0.25, 0.3) is 0 Å². The van der Waals surface area contributed by atoms with Gasteiger partial charge in [0.05, 0.1) is 11.5 Å². The van der Waals surface area contributed by atoms with Crippen molar-refractivity contribution in [1.29, 1.82) is 0 Å². The second kappa shape index (κ2) is 7.44. The lowest BCUT2D eigenvalue weighted by Gasteiger charge is -2.28. The van der Waals surface area contributed by atoms with Gasteiger partial charge in [0, 0.05) is 24.0 Å². The summed E-state index contributed by atoms with van der Waals surface area (Å²) in [5.41, 5.74) is 1.01. The maximum Gasteiger partial charge on any atom is 0.303 e. The van der Waals surface area contributed by atoms with E-state index in [0.29, 0.717) is 31.0 Å². The second-order valence-corrected chi connectivity index (χ2v) is 8.32. The average molecular weight is 346 g/mol. The van der Waals surface area contributed by atoms with Gasteiger partial charge in [-0.2, -0.15) is 0 Å². The molecule has 1 saturated heterocycles. The molecule has 0 unspecified atom stereocenters. The number of aliphatic carboxylic acids is 1. The number of nitrogens with zero attached hydrogens (tertiary/aromatic N) is 1. The average Bonchev–Trinajstić information content (AvgIpc) is 2.77. The van der Waals surface area contributed by atoms with Crippen LogP contribution in [0.5, 0.6) is 0 Å². The molecule has 1 aromatic carbocycles. The molecule has 1 heterocycles. The molecule has 7 heteroatoms. The monoisotopic (exact) mass is 345 g/mol. The fraction of sp³-hybridized carbons (Fsp3) is 0.533. The van der Waals surface area contributed by atoms with Crippen LogP contribution in [0.2, 0.25) is 5.02 Å². The number of benzene rings is 1. The number of sulfone groups is 1. The third-order valence-corrected chi connectivity index (χ3v) is 5.82. The van der Waals surface area contributed by atoms with Crippen LogP contribution in [0, 0.1) is 0 Å². The van der Waals surface area contributed by atoms with E-state index in [-0.39, 0.29) is 24.0 Å². The lowest BCUT2D eigenvalue weighted by Crippen LogP contribution is -2.36. The predicted molar refractivity (Wildman–Crippen MR) is 85.8 cm³/mol. The summed E-state index contributed by atoms with van der Waals surface area (Å²) in [4.78, 5) is 12.7. The number of carboxylic acids is 1. The summed E-state index contributed by atoms with van der Waals surface area (Å²) in [6.45, 7) is 1.15. The van der Waals surface area contributed by atoms with Gasteiger partial charge in [0.15, 0.2) is 9.84 Å². The normalized spacial score (nSPS) is 20.4. The first kappa shape index (κ1) is 17.2. The molecule has 0 aliphatic carbocycles. The summed E-state index contributed by atoms with van der Waals surface area (Å²) in [5, 5.41) is 9.41. The van der Waals surface area contributed by atoms with Gasteiger partial charge < -0.3 is 5.11 Å². The highest BCUT2D eigenvalue weighted by Crippen LogP contribution is 2.21. The van der Waals surface area contributed by atoms with Crippen LogP contribution in [0.1, 0.15) is 24.8 Å². The molecule has 0 radical (unpaired) electrons. The predicted octanol–water partition coefficient (Wildman–Crippen LogP) is 2.19. The van der Waals surface area contributed by atoms with E-state index in [1.54, 1.807) is 6.07 Å². The summed E-state index contributed by atoms with van der Waals surface area (Å²) in [6.07, 6.45) is 1.20. The first-order chi connectivity index (χ1) is 10.4. The van der Waals surface area contributed by atoms with E-state index in [9.17, 15) is 13.2 Å². The zero-order valence-corrected chi connectivity index (χ0v) is 13.8. The molecule has 0 spiro atoms. The molecule has 1 fully saturated rings. The zero-order chi connectivity index (χ0) is 16.2. The highest BCUT2D eigenvalue weighted by atomic mass is 35.5. The third kappa shape index (κ3) is 5.26. The van der Waals surface area contributed by atoms with Crippen molar-refractivity contribution in [3.63, 3.8) is 0 Å². The van der Waals surface area contributed by atoms with Crippen molar-refractivity contribution in [2.45, 2.75) is 31.8 Å². The molecule has 2 rings (SSSR count). The number of hydrogen-bond acceptors (Lipinski definition) is 4. The van der Waals surface area contributed by atoms with E-state index < -0.39 is 15.8 Å². The molecular weight excluding hydrogens is 326 g/mol. The van der Waals surface area contributed by atoms with Crippen LogP contribution in [-0.2, 0) is 21.2 Å². The Hall–Kier alpha value is -1.11. The number of carbonyl (C=O) groups is 1. The number of rotatable bonds is 7. The van der Waals surface area contributed by atoms with Gasteiger partial charge in [-0.3, -0.25) is 9.69 Å². The van der Waals surface area contributed by atoms with Crippen LogP contribution >= 0.6 is 11.6 Å². The van der Waals surface area contributed by atoms with E-state index in [1.165, 1.54) is 0 Å². The Morgan fingerprint density at radius 1 is 1.41 bits per heavy atom. The standard InChI is InChI=1S/C15H20ClNO4S/c16-13-4-1-3-12(9-13)10-17(7-2-5-15(18)19)14-6-8-22(20,21)11-14/h1,3-4,9,14H,2,5-8,10-11H2,(H,18,19)/t14-/m1/s1. The Morgan fingerprint density at radius 2 is 2.18 bits per heavy atom. The largest absolute Gasteiger partial charge is 0.481 e. The minimum Gasteiger partial charge on any atom is -0.481 e. The van der Waals surface area contributed by atoms with Crippen LogP contribution in [0.3, 0.4) is 0 Å². The molecule has 122 valence electrons. The van der Waals surface area contributed by atoms with Crippen molar-refractivity contribution in [3.8, 4) is 0 Å². The smallest absolute Gasteiger partial charge is 0.303 e. The molecule has 1 N–H and O–H groups in total. The minimum atomic E-state index is -2.97. The summed E-state index contributed by atoms with van der Waals surface area (Å²) in [6, 6.07) is 7.41. The second-order valence-electron chi connectivity index (χ2n) is 5.65. The highest BCUT2D eigenvalue weighted by molar-refractivity contribution is 7.91. The SMILES string of the molecule is O=C(O)CCCN(Cc1cccc(Cl)c1)[C@@H]1CCS(=O)(=O)C1. The molecule has 0 saturated carbocycles. The molecule has 1 aliphatic heterocycles. The molecule has 1 aliphatic rings. The summed E-state index contributed by atoms with van der Waals surface area (Å²) in [5.74, 6) is -0.467. The van der Waals surface area contributed by atoms with Crippen LogP contribution in [0.15, 0.2) is 24.3 Å². The van der Waals surface area contributed by atoms with Crippen LogP contribution in [0.4, 0.5) is 0 Å². The van der Waals surface area contributed by atoms with Gasteiger partial charge in [-0.25, -0.2) is 8.42 Å².